The summed E-state index contributed by atoms with van der Waals surface area (Å²) in [5.74, 6) is -1.84. The highest BCUT2D eigenvalue weighted by Gasteiger charge is 2.77. The van der Waals surface area contributed by atoms with Crippen LogP contribution in [0, 0.1) is 23.2 Å². The van der Waals surface area contributed by atoms with E-state index in [9.17, 15) is 19.5 Å². The van der Waals surface area contributed by atoms with E-state index in [-0.39, 0.29) is 41.0 Å². The summed E-state index contributed by atoms with van der Waals surface area (Å²) in [5.41, 5.74) is -0.522. The summed E-state index contributed by atoms with van der Waals surface area (Å²) in [4.78, 5) is 45.9. The van der Waals surface area contributed by atoms with Gasteiger partial charge in [-0.1, -0.05) is 39.8 Å². The largest absolute Gasteiger partial charge is 0.465 e. The van der Waals surface area contributed by atoms with Crippen LogP contribution in [0.2, 0.25) is 0 Å². The van der Waals surface area contributed by atoms with Crippen LogP contribution in [0.15, 0.2) is 25.3 Å². The maximum absolute atomic E-state index is 14.7. The van der Waals surface area contributed by atoms with E-state index in [2.05, 4.69) is 54.7 Å². The first-order valence-electron chi connectivity index (χ1n) is 14.5. The van der Waals surface area contributed by atoms with Gasteiger partial charge >= 0.3 is 5.97 Å². The van der Waals surface area contributed by atoms with Crippen LogP contribution in [0.4, 0.5) is 0 Å². The fourth-order valence-corrected chi connectivity index (χ4v) is 9.92. The van der Waals surface area contributed by atoms with Crippen molar-refractivity contribution in [1.29, 1.82) is 0 Å². The van der Waals surface area contributed by atoms with E-state index in [0.29, 0.717) is 13.2 Å². The molecule has 7 atom stereocenters. The molecule has 0 saturated carbocycles. The van der Waals surface area contributed by atoms with Crippen LogP contribution in [0.3, 0.4) is 0 Å². The molecule has 1 N–H and O–H groups in total. The number of amides is 2. The molecular formula is C31H50N2O5S. The van der Waals surface area contributed by atoms with Crippen molar-refractivity contribution < 1.29 is 24.2 Å². The second-order valence-corrected chi connectivity index (χ2v) is 15.1. The number of rotatable bonds is 13. The molecule has 3 aliphatic heterocycles. The number of aliphatic hydroxyl groups is 1. The molecule has 0 radical (unpaired) electrons. The van der Waals surface area contributed by atoms with Gasteiger partial charge in [0.1, 0.15) is 6.04 Å². The lowest BCUT2D eigenvalue weighted by Crippen LogP contribution is -2.62. The van der Waals surface area contributed by atoms with Gasteiger partial charge in [-0.05, 0) is 64.2 Å². The third-order valence-corrected chi connectivity index (χ3v) is 10.8. The van der Waals surface area contributed by atoms with Gasteiger partial charge in [-0.25, -0.2) is 0 Å². The highest BCUT2D eigenvalue weighted by molar-refractivity contribution is 8.02. The van der Waals surface area contributed by atoms with Crippen molar-refractivity contribution >= 4 is 29.5 Å². The van der Waals surface area contributed by atoms with E-state index in [1.165, 1.54) is 0 Å². The average Bonchev–Trinajstić information content (AvgIpc) is 3.43. The molecule has 8 heteroatoms. The number of ether oxygens (including phenoxy) is 1. The number of fused-ring (bicyclic) bond motifs is 1. The quantitative estimate of drug-likeness (QED) is 0.197. The lowest BCUT2D eigenvalue weighted by molar-refractivity contribution is -0.155. The Balaban J connectivity index is 2.02. The summed E-state index contributed by atoms with van der Waals surface area (Å²) in [7, 11) is 0. The number of unbranched alkanes of at least 4 members (excludes halogenated alkanes) is 2. The maximum Gasteiger partial charge on any atom is 0.310 e. The van der Waals surface area contributed by atoms with Crippen molar-refractivity contribution in [2.24, 2.45) is 23.2 Å². The van der Waals surface area contributed by atoms with Gasteiger partial charge in [0.2, 0.25) is 11.8 Å². The van der Waals surface area contributed by atoms with E-state index in [0.717, 1.165) is 32.1 Å². The summed E-state index contributed by atoms with van der Waals surface area (Å²) < 4.78 is 4.97. The topological polar surface area (TPSA) is 87.1 Å². The van der Waals surface area contributed by atoms with Crippen LogP contribution >= 0.6 is 11.8 Å². The third-order valence-electron chi connectivity index (χ3n) is 8.75. The number of hydrogen-bond acceptors (Lipinski definition) is 6. The SMILES string of the molecule is C=CCCCCOC(=O)[C@@H]1[C@H]2C(=O)N([C@H](C)CO)C(C(=O)N(CC=C)C(C)(C)CC(C)(C)C)C23S[C@@H]1CC3C. The minimum atomic E-state index is -0.772. The zero-order chi connectivity index (χ0) is 29.3. The van der Waals surface area contributed by atoms with E-state index in [1.54, 1.807) is 29.7 Å². The molecule has 3 unspecified atom stereocenters. The zero-order valence-corrected chi connectivity index (χ0v) is 25.9. The predicted molar refractivity (Wildman–Crippen MR) is 157 cm³/mol. The van der Waals surface area contributed by atoms with E-state index in [1.807, 2.05) is 11.0 Å². The van der Waals surface area contributed by atoms with Gasteiger partial charge in [0, 0.05) is 17.3 Å². The highest BCUT2D eigenvalue weighted by atomic mass is 32.2. The number of aliphatic hydroxyl groups excluding tert-OH is 1. The lowest BCUT2D eigenvalue weighted by atomic mass is 9.66. The lowest BCUT2D eigenvalue weighted by Gasteiger charge is -2.47. The molecule has 3 fully saturated rings. The average molecular weight is 563 g/mol. The van der Waals surface area contributed by atoms with Crippen LogP contribution < -0.4 is 0 Å². The normalized spacial score (nSPS) is 30.7. The van der Waals surface area contributed by atoms with Gasteiger partial charge in [0.05, 0.1) is 35.8 Å². The summed E-state index contributed by atoms with van der Waals surface area (Å²) in [5, 5.41) is 10.1. The van der Waals surface area contributed by atoms with Crippen molar-refractivity contribution in [3.05, 3.63) is 25.3 Å². The second kappa shape index (κ2) is 12.0. The zero-order valence-electron chi connectivity index (χ0n) is 25.1. The number of thioether (sulfide) groups is 1. The van der Waals surface area contributed by atoms with Crippen molar-refractivity contribution in [2.45, 2.75) is 108 Å². The fraction of sp³-hybridized carbons (Fsp3) is 0.774. The van der Waals surface area contributed by atoms with Gasteiger partial charge in [-0.3, -0.25) is 14.4 Å². The number of nitrogens with zero attached hydrogens (tertiary/aromatic N) is 2. The van der Waals surface area contributed by atoms with Crippen LogP contribution in [0.5, 0.6) is 0 Å². The summed E-state index contributed by atoms with van der Waals surface area (Å²) >= 11 is 1.64. The molecule has 7 nitrogen and oxygen atoms in total. The van der Waals surface area contributed by atoms with Crippen molar-refractivity contribution in [1.82, 2.24) is 9.80 Å². The number of allylic oxidation sites excluding steroid dienone is 1. The van der Waals surface area contributed by atoms with E-state index < -0.39 is 34.2 Å². The van der Waals surface area contributed by atoms with E-state index >= 15 is 0 Å². The minimum absolute atomic E-state index is 0.0258. The molecule has 0 aromatic carbocycles. The Bertz CT molecular complexity index is 959. The molecule has 2 amide bonds. The van der Waals surface area contributed by atoms with Gasteiger partial charge in [0.15, 0.2) is 0 Å². The number of carbonyl (C=O) groups is 3. The van der Waals surface area contributed by atoms with Crippen LogP contribution in [0.25, 0.3) is 0 Å². The molecule has 1 spiro atoms. The van der Waals surface area contributed by atoms with Gasteiger partial charge in [-0.15, -0.1) is 24.9 Å². The maximum atomic E-state index is 14.7. The Kier molecular flexibility index (Phi) is 9.74. The van der Waals surface area contributed by atoms with Crippen molar-refractivity contribution in [2.75, 3.05) is 19.8 Å². The van der Waals surface area contributed by atoms with Crippen LogP contribution in [-0.4, -0.2) is 80.1 Å². The molecular weight excluding hydrogens is 512 g/mol. The minimum Gasteiger partial charge on any atom is -0.465 e. The fourth-order valence-electron chi connectivity index (χ4n) is 7.53. The number of likely N-dealkylation sites (tertiary alicyclic amines) is 1. The summed E-state index contributed by atoms with van der Waals surface area (Å²) in [6.45, 7) is 22.6. The Labute approximate surface area is 239 Å². The molecule has 3 saturated heterocycles. The van der Waals surface area contributed by atoms with Crippen LogP contribution in [-0.2, 0) is 19.1 Å². The molecule has 220 valence electrons. The first-order valence-corrected chi connectivity index (χ1v) is 15.4. The highest BCUT2D eigenvalue weighted by Crippen LogP contribution is 2.69. The standard InChI is InChI=1S/C31H50N2O5S/c1-10-12-13-14-16-38-28(37)23-22-17-20(3)31(39-22)24(23)26(35)33(21(4)18-34)25(31)27(36)32(15-11-2)30(8,9)19-29(5,6)7/h10-11,20-25,34H,1-2,12-19H2,3-9H3/t20?,21-,22-,23+,24+,25?,31?/m1/s1. The smallest absolute Gasteiger partial charge is 0.310 e. The monoisotopic (exact) mass is 562 g/mol. The first-order chi connectivity index (χ1) is 18.2. The van der Waals surface area contributed by atoms with Gasteiger partial charge in [0.25, 0.3) is 0 Å². The molecule has 3 rings (SSSR count). The number of hydrogen-bond donors (Lipinski definition) is 1. The number of carbonyl (C=O) groups excluding carboxylic acids is 3. The summed E-state index contributed by atoms with van der Waals surface area (Å²) in [6, 6.07) is -1.32. The van der Waals surface area contributed by atoms with Crippen molar-refractivity contribution in [3.63, 3.8) is 0 Å². The Hall–Kier alpha value is -1.80. The Morgan fingerprint density at radius 3 is 2.46 bits per heavy atom. The molecule has 0 aromatic rings. The molecule has 3 aliphatic rings. The molecule has 2 bridgehead atoms. The van der Waals surface area contributed by atoms with E-state index in [4.69, 9.17) is 4.74 Å². The first kappa shape index (κ1) is 31.7. The molecule has 0 aromatic heterocycles. The molecule has 39 heavy (non-hydrogen) atoms. The summed E-state index contributed by atoms with van der Waals surface area (Å²) in [6.07, 6.45) is 7.61. The number of esters is 1. The molecule has 3 heterocycles. The van der Waals surface area contributed by atoms with Crippen molar-refractivity contribution in [3.8, 4) is 0 Å². The van der Waals surface area contributed by atoms with Gasteiger partial charge < -0.3 is 19.6 Å². The Morgan fingerprint density at radius 1 is 1.23 bits per heavy atom. The molecule has 0 aliphatic carbocycles. The predicted octanol–water partition coefficient (Wildman–Crippen LogP) is 4.83. The van der Waals surface area contributed by atoms with Crippen LogP contribution in [0.1, 0.15) is 80.6 Å². The third kappa shape index (κ3) is 5.83. The Morgan fingerprint density at radius 2 is 1.90 bits per heavy atom. The van der Waals surface area contributed by atoms with Gasteiger partial charge in [-0.2, -0.15) is 0 Å². The second-order valence-electron chi connectivity index (χ2n) is 13.6.